The lowest BCUT2D eigenvalue weighted by atomic mass is 9.96. The number of fused-ring (bicyclic) bond motifs is 1. The van der Waals surface area contributed by atoms with E-state index >= 15 is 0 Å². The fourth-order valence-electron chi connectivity index (χ4n) is 2.93. The number of hydrogen-bond donors (Lipinski definition) is 0. The Hall–Kier alpha value is -2.82. The van der Waals surface area contributed by atoms with Crippen molar-refractivity contribution in [1.82, 2.24) is 10.1 Å². The van der Waals surface area contributed by atoms with Crippen molar-refractivity contribution >= 4 is 16.7 Å². The van der Waals surface area contributed by atoms with Crippen LogP contribution in [-0.4, -0.2) is 30.1 Å². The van der Waals surface area contributed by atoms with Crippen molar-refractivity contribution in [3.05, 3.63) is 59.5 Å². The first-order chi connectivity index (χ1) is 12.0. The summed E-state index contributed by atoms with van der Waals surface area (Å²) < 4.78 is 10.3. The highest BCUT2D eigenvalue weighted by atomic mass is 16.5. The Labute approximate surface area is 147 Å². The Morgan fingerprint density at radius 1 is 1.20 bits per heavy atom. The topological polar surface area (TPSA) is 55.6 Å². The van der Waals surface area contributed by atoms with Crippen LogP contribution in [0.2, 0.25) is 0 Å². The zero-order chi connectivity index (χ0) is 18.0. The minimum atomic E-state index is -0.232. The normalized spacial score (nSPS) is 12.2. The second-order valence-electron chi connectivity index (χ2n) is 6.32. The molecular formula is C20H22N2O3. The van der Waals surface area contributed by atoms with E-state index in [0.29, 0.717) is 6.54 Å². The summed E-state index contributed by atoms with van der Waals surface area (Å²) in [6.45, 7) is 4.20. The standard InChI is InChI=1S/C20H22N2O3/c1-13-9-18(21-25-13)12-22(3)20(23)14(2)15-5-6-17-11-19(24-4)8-7-16(17)10-15/h5-11,14H,12H2,1-4H3. The largest absolute Gasteiger partial charge is 0.497 e. The Morgan fingerprint density at radius 2 is 1.92 bits per heavy atom. The molecule has 130 valence electrons. The number of ether oxygens (including phenoxy) is 1. The summed E-state index contributed by atoms with van der Waals surface area (Å²) in [5.74, 6) is 1.39. The number of likely N-dealkylation sites (N-methyl/N-ethyl adjacent to an activating group) is 1. The Bertz CT molecular complexity index is 901. The van der Waals surface area contributed by atoms with Crippen LogP contribution in [0.5, 0.6) is 5.75 Å². The summed E-state index contributed by atoms with van der Waals surface area (Å²) in [5, 5.41) is 6.13. The number of aryl methyl sites for hydroxylation is 1. The van der Waals surface area contributed by atoms with E-state index in [1.165, 1.54) is 0 Å². The summed E-state index contributed by atoms with van der Waals surface area (Å²) in [5.41, 5.74) is 1.75. The lowest BCUT2D eigenvalue weighted by Crippen LogP contribution is -2.30. The van der Waals surface area contributed by atoms with Crippen LogP contribution in [0, 0.1) is 6.92 Å². The number of carbonyl (C=O) groups excluding carboxylic acids is 1. The minimum Gasteiger partial charge on any atom is -0.497 e. The van der Waals surface area contributed by atoms with Gasteiger partial charge in [-0.15, -0.1) is 0 Å². The van der Waals surface area contributed by atoms with Gasteiger partial charge >= 0.3 is 0 Å². The van der Waals surface area contributed by atoms with Crippen molar-refractivity contribution in [3.8, 4) is 5.75 Å². The minimum absolute atomic E-state index is 0.0496. The summed E-state index contributed by atoms with van der Waals surface area (Å²) in [4.78, 5) is 14.4. The first-order valence-electron chi connectivity index (χ1n) is 8.23. The lowest BCUT2D eigenvalue weighted by molar-refractivity contribution is -0.131. The number of carbonyl (C=O) groups is 1. The number of nitrogens with zero attached hydrogens (tertiary/aromatic N) is 2. The second-order valence-corrected chi connectivity index (χ2v) is 6.32. The van der Waals surface area contributed by atoms with E-state index in [1.54, 1.807) is 19.1 Å². The number of aromatic nitrogens is 1. The molecule has 0 aliphatic rings. The molecule has 0 aliphatic carbocycles. The maximum absolute atomic E-state index is 12.7. The van der Waals surface area contributed by atoms with Gasteiger partial charge in [0.1, 0.15) is 17.2 Å². The highest BCUT2D eigenvalue weighted by Gasteiger charge is 2.20. The van der Waals surface area contributed by atoms with Crippen LogP contribution in [0.25, 0.3) is 10.8 Å². The average Bonchev–Trinajstić information content (AvgIpc) is 3.04. The van der Waals surface area contributed by atoms with E-state index in [4.69, 9.17) is 9.26 Å². The third-order valence-electron chi connectivity index (χ3n) is 4.39. The van der Waals surface area contributed by atoms with Gasteiger partial charge in [-0.05, 0) is 42.3 Å². The molecule has 0 aliphatic heterocycles. The predicted molar refractivity (Wildman–Crippen MR) is 96.6 cm³/mol. The molecule has 5 heteroatoms. The highest BCUT2D eigenvalue weighted by Crippen LogP contribution is 2.26. The number of methoxy groups -OCH3 is 1. The Balaban J connectivity index is 1.77. The molecule has 0 fully saturated rings. The molecule has 0 spiro atoms. The number of hydrogen-bond acceptors (Lipinski definition) is 4. The van der Waals surface area contributed by atoms with E-state index in [0.717, 1.165) is 33.5 Å². The maximum Gasteiger partial charge on any atom is 0.229 e. The van der Waals surface area contributed by atoms with Crippen LogP contribution in [0.1, 0.15) is 29.9 Å². The smallest absolute Gasteiger partial charge is 0.229 e. The van der Waals surface area contributed by atoms with Gasteiger partial charge in [-0.25, -0.2) is 0 Å². The van der Waals surface area contributed by atoms with E-state index in [-0.39, 0.29) is 11.8 Å². The molecule has 1 heterocycles. The molecule has 0 N–H and O–H groups in total. The van der Waals surface area contributed by atoms with Gasteiger partial charge in [-0.1, -0.05) is 29.4 Å². The van der Waals surface area contributed by atoms with Crippen LogP contribution >= 0.6 is 0 Å². The van der Waals surface area contributed by atoms with E-state index < -0.39 is 0 Å². The summed E-state index contributed by atoms with van der Waals surface area (Å²) in [6, 6.07) is 13.9. The number of rotatable bonds is 5. The Kier molecular flexibility index (Phi) is 4.74. The van der Waals surface area contributed by atoms with Gasteiger partial charge in [0.15, 0.2) is 0 Å². The van der Waals surface area contributed by atoms with Crippen molar-refractivity contribution in [3.63, 3.8) is 0 Å². The van der Waals surface area contributed by atoms with Crippen molar-refractivity contribution in [2.75, 3.05) is 14.2 Å². The van der Waals surface area contributed by atoms with Gasteiger partial charge in [-0.2, -0.15) is 0 Å². The molecule has 0 saturated carbocycles. The van der Waals surface area contributed by atoms with Crippen molar-refractivity contribution in [2.24, 2.45) is 0 Å². The lowest BCUT2D eigenvalue weighted by Gasteiger charge is -2.21. The van der Waals surface area contributed by atoms with E-state index in [9.17, 15) is 4.79 Å². The molecule has 0 radical (unpaired) electrons. The van der Waals surface area contributed by atoms with Gasteiger partial charge in [-0.3, -0.25) is 4.79 Å². The van der Waals surface area contributed by atoms with Crippen LogP contribution in [0.3, 0.4) is 0 Å². The molecule has 0 saturated heterocycles. The van der Waals surface area contributed by atoms with Gasteiger partial charge < -0.3 is 14.2 Å². The monoisotopic (exact) mass is 338 g/mol. The molecule has 5 nitrogen and oxygen atoms in total. The van der Waals surface area contributed by atoms with Crippen molar-refractivity contribution < 1.29 is 14.1 Å². The van der Waals surface area contributed by atoms with Crippen molar-refractivity contribution in [2.45, 2.75) is 26.3 Å². The summed E-state index contributed by atoms with van der Waals surface area (Å²) in [6.07, 6.45) is 0. The number of benzene rings is 2. The molecule has 3 rings (SSSR count). The SMILES string of the molecule is COc1ccc2cc(C(C)C(=O)N(C)Cc3cc(C)on3)ccc2c1. The first kappa shape index (κ1) is 17.0. The van der Waals surface area contributed by atoms with Crippen LogP contribution in [0.4, 0.5) is 0 Å². The van der Waals surface area contributed by atoms with Crippen LogP contribution in [0.15, 0.2) is 47.0 Å². The van der Waals surface area contributed by atoms with Crippen LogP contribution < -0.4 is 4.74 Å². The molecule has 0 bridgehead atoms. The van der Waals surface area contributed by atoms with Gasteiger partial charge in [0.05, 0.1) is 19.6 Å². The third kappa shape index (κ3) is 3.65. The molecule has 1 amide bonds. The quantitative estimate of drug-likeness (QED) is 0.708. The van der Waals surface area contributed by atoms with Gasteiger partial charge in [0, 0.05) is 13.1 Å². The molecule has 1 aromatic heterocycles. The summed E-state index contributed by atoms with van der Waals surface area (Å²) >= 11 is 0. The molecule has 3 aromatic rings. The molecule has 1 unspecified atom stereocenters. The zero-order valence-corrected chi connectivity index (χ0v) is 14.9. The molecule has 25 heavy (non-hydrogen) atoms. The number of amides is 1. The van der Waals surface area contributed by atoms with Gasteiger partial charge in [0.2, 0.25) is 5.91 Å². The van der Waals surface area contributed by atoms with Gasteiger partial charge in [0.25, 0.3) is 0 Å². The molecular weight excluding hydrogens is 316 g/mol. The third-order valence-corrected chi connectivity index (χ3v) is 4.39. The predicted octanol–water partition coefficient (Wildman–Crippen LogP) is 3.91. The maximum atomic E-state index is 12.7. The fraction of sp³-hybridized carbons (Fsp3) is 0.300. The molecule has 1 atom stereocenters. The Morgan fingerprint density at radius 3 is 2.60 bits per heavy atom. The zero-order valence-electron chi connectivity index (χ0n) is 14.9. The van der Waals surface area contributed by atoms with Crippen molar-refractivity contribution in [1.29, 1.82) is 0 Å². The average molecular weight is 338 g/mol. The van der Waals surface area contributed by atoms with E-state index in [2.05, 4.69) is 11.2 Å². The molecule has 2 aromatic carbocycles. The first-order valence-corrected chi connectivity index (χ1v) is 8.23. The van der Waals surface area contributed by atoms with E-state index in [1.807, 2.05) is 50.2 Å². The summed E-state index contributed by atoms with van der Waals surface area (Å²) in [7, 11) is 3.44. The highest BCUT2D eigenvalue weighted by molar-refractivity contribution is 5.88. The fourth-order valence-corrected chi connectivity index (χ4v) is 2.93. The van der Waals surface area contributed by atoms with Crippen LogP contribution in [-0.2, 0) is 11.3 Å². The second kappa shape index (κ2) is 6.97.